The molecule has 86 valence electrons. The quantitative estimate of drug-likeness (QED) is 0.787. The summed E-state index contributed by atoms with van der Waals surface area (Å²) in [6.07, 6.45) is 1.76. The van der Waals surface area contributed by atoms with Gasteiger partial charge in [-0.1, -0.05) is 11.6 Å². The molecule has 1 aromatic heterocycles. The molecule has 1 aromatic rings. The predicted molar refractivity (Wildman–Crippen MR) is 61.1 cm³/mol. The molecule has 0 saturated carbocycles. The lowest BCUT2D eigenvalue weighted by Crippen LogP contribution is -2.26. The second-order valence-electron chi connectivity index (χ2n) is 3.11. The van der Waals surface area contributed by atoms with Crippen molar-refractivity contribution in [3.05, 3.63) is 17.0 Å². The Hall–Kier alpha value is -1.38. The molecule has 0 radical (unpaired) electrons. The Kier molecular flexibility index (Phi) is 4.96. The van der Waals surface area contributed by atoms with Crippen LogP contribution in [0.1, 0.15) is 18.9 Å². The molecule has 5 nitrogen and oxygen atoms in total. The highest BCUT2D eigenvalue weighted by Gasteiger charge is 2.14. The number of aliphatic hydroxyl groups is 1. The third-order valence-corrected chi connectivity index (χ3v) is 2.53. The van der Waals surface area contributed by atoms with Gasteiger partial charge in [-0.25, -0.2) is 9.97 Å². The zero-order chi connectivity index (χ0) is 12.0. The van der Waals surface area contributed by atoms with E-state index in [4.69, 9.17) is 16.9 Å². The number of nitrogens with zero attached hydrogens (tertiary/aromatic N) is 4. The van der Waals surface area contributed by atoms with Gasteiger partial charge in [0, 0.05) is 13.1 Å². The zero-order valence-corrected chi connectivity index (χ0v) is 9.78. The summed E-state index contributed by atoms with van der Waals surface area (Å²) in [6.45, 7) is 3.00. The standard InChI is InChI=1S/C10H13ClN4O/c1-2-15(5-3-4-12)10-8(6-16)9(11)13-7-14-10/h7,16H,2-3,5-6H2,1H3. The van der Waals surface area contributed by atoms with Crippen LogP contribution in [0.2, 0.25) is 5.15 Å². The molecule has 1 heterocycles. The lowest BCUT2D eigenvalue weighted by Gasteiger charge is -2.22. The summed E-state index contributed by atoms with van der Waals surface area (Å²) in [7, 11) is 0. The van der Waals surface area contributed by atoms with Crippen molar-refractivity contribution in [2.75, 3.05) is 18.0 Å². The van der Waals surface area contributed by atoms with Crippen LogP contribution in [0.25, 0.3) is 0 Å². The Morgan fingerprint density at radius 2 is 2.31 bits per heavy atom. The number of nitriles is 1. The number of halogens is 1. The molecule has 0 fully saturated rings. The molecular formula is C10H13ClN4O. The van der Waals surface area contributed by atoms with E-state index >= 15 is 0 Å². The Labute approximate surface area is 99.3 Å². The molecular weight excluding hydrogens is 228 g/mol. The molecule has 0 bridgehead atoms. The van der Waals surface area contributed by atoms with Gasteiger partial charge in [0.2, 0.25) is 0 Å². The normalized spacial score (nSPS) is 9.88. The van der Waals surface area contributed by atoms with Crippen molar-refractivity contribution in [2.24, 2.45) is 0 Å². The molecule has 0 spiro atoms. The van der Waals surface area contributed by atoms with Crippen molar-refractivity contribution < 1.29 is 5.11 Å². The van der Waals surface area contributed by atoms with E-state index in [2.05, 4.69) is 16.0 Å². The van der Waals surface area contributed by atoms with Crippen molar-refractivity contribution >= 4 is 17.4 Å². The van der Waals surface area contributed by atoms with Gasteiger partial charge in [-0.2, -0.15) is 5.26 Å². The van der Waals surface area contributed by atoms with Gasteiger partial charge in [0.25, 0.3) is 0 Å². The number of aromatic nitrogens is 2. The van der Waals surface area contributed by atoms with Gasteiger partial charge < -0.3 is 10.0 Å². The first kappa shape index (κ1) is 12.7. The fourth-order valence-electron chi connectivity index (χ4n) is 1.39. The molecule has 0 aliphatic carbocycles. The van der Waals surface area contributed by atoms with Crippen molar-refractivity contribution in [3.8, 4) is 6.07 Å². The van der Waals surface area contributed by atoms with E-state index in [1.807, 2.05) is 11.8 Å². The highest BCUT2D eigenvalue weighted by Crippen LogP contribution is 2.23. The zero-order valence-electron chi connectivity index (χ0n) is 9.02. The van der Waals surface area contributed by atoms with Crippen LogP contribution < -0.4 is 4.90 Å². The van der Waals surface area contributed by atoms with Crippen molar-refractivity contribution in [2.45, 2.75) is 20.0 Å². The van der Waals surface area contributed by atoms with Gasteiger partial charge in [-0.05, 0) is 6.92 Å². The first-order valence-corrected chi connectivity index (χ1v) is 5.34. The summed E-state index contributed by atoms with van der Waals surface area (Å²) in [4.78, 5) is 9.80. The van der Waals surface area contributed by atoms with Crippen LogP contribution in [-0.4, -0.2) is 28.2 Å². The fourth-order valence-corrected chi connectivity index (χ4v) is 1.58. The van der Waals surface area contributed by atoms with Gasteiger partial charge in [0.15, 0.2) is 0 Å². The van der Waals surface area contributed by atoms with E-state index in [1.54, 1.807) is 0 Å². The minimum Gasteiger partial charge on any atom is -0.391 e. The van der Waals surface area contributed by atoms with Gasteiger partial charge in [0.1, 0.15) is 17.3 Å². The summed E-state index contributed by atoms with van der Waals surface area (Å²) in [6, 6.07) is 2.07. The third-order valence-electron chi connectivity index (χ3n) is 2.20. The molecule has 0 aliphatic rings. The Bertz CT molecular complexity index is 391. The predicted octanol–water partition coefficient (Wildman–Crippen LogP) is 1.36. The molecule has 0 aromatic carbocycles. The molecule has 0 atom stereocenters. The molecule has 0 unspecified atom stereocenters. The largest absolute Gasteiger partial charge is 0.391 e. The first-order chi connectivity index (χ1) is 7.74. The van der Waals surface area contributed by atoms with Crippen LogP contribution in [0.15, 0.2) is 6.33 Å². The summed E-state index contributed by atoms with van der Waals surface area (Å²) in [5.74, 6) is 0.597. The smallest absolute Gasteiger partial charge is 0.140 e. The molecule has 6 heteroatoms. The molecule has 1 rings (SSSR count). The molecule has 1 N–H and O–H groups in total. The van der Waals surface area contributed by atoms with E-state index in [0.717, 1.165) is 0 Å². The lowest BCUT2D eigenvalue weighted by atomic mass is 10.3. The van der Waals surface area contributed by atoms with Crippen LogP contribution in [0.3, 0.4) is 0 Å². The second-order valence-corrected chi connectivity index (χ2v) is 3.47. The highest BCUT2D eigenvalue weighted by atomic mass is 35.5. The molecule has 0 aliphatic heterocycles. The Morgan fingerprint density at radius 3 is 2.88 bits per heavy atom. The van der Waals surface area contributed by atoms with Crippen molar-refractivity contribution in [1.29, 1.82) is 5.26 Å². The average molecular weight is 241 g/mol. The number of anilines is 1. The first-order valence-electron chi connectivity index (χ1n) is 4.96. The Balaban J connectivity index is 3.00. The van der Waals surface area contributed by atoms with Crippen LogP contribution in [0.4, 0.5) is 5.82 Å². The number of aliphatic hydroxyl groups excluding tert-OH is 1. The summed E-state index contributed by atoms with van der Waals surface area (Å²) >= 11 is 5.86. The average Bonchev–Trinajstić information content (AvgIpc) is 2.30. The minimum atomic E-state index is -0.210. The SMILES string of the molecule is CCN(CCC#N)c1ncnc(Cl)c1CO. The second kappa shape index (κ2) is 6.26. The van der Waals surface area contributed by atoms with Gasteiger partial charge >= 0.3 is 0 Å². The number of hydrogen-bond donors (Lipinski definition) is 1. The highest BCUT2D eigenvalue weighted by molar-refractivity contribution is 6.30. The monoisotopic (exact) mass is 240 g/mol. The summed E-state index contributed by atoms with van der Waals surface area (Å²) in [5.41, 5.74) is 0.504. The minimum absolute atomic E-state index is 0.210. The summed E-state index contributed by atoms with van der Waals surface area (Å²) in [5, 5.41) is 18.0. The van der Waals surface area contributed by atoms with Gasteiger partial charge in [-0.3, -0.25) is 0 Å². The van der Waals surface area contributed by atoms with Crippen LogP contribution in [0, 0.1) is 11.3 Å². The van der Waals surface area contributed by atoms with Crippen molar-refractivity contribution in [1.82, 2.24) is 9.97 Å². The molecule has 16 heavy (non-hydrogen) atoms. The number of hydrogen-bond acceptors (Lipinski definition) is 5. The van der Waals surface area contributed by atoms with E-state index in [9.17, 15) is 5.11 Å². The van der Waals surface area contributed by atoms with E-state index in [0.29, 0.717) is 30.9 Å². The van der Waals surface area contributed by atoms with E-state index < -0.39 is 0 Å². The molecule has 0 saturated heterocycles. The lowest BCUT2D eigenvalue weighted by molar-refractivity contribution is 0.281. The maximum absolute atomic E-state index is 9.21. The fraction of sp³-hybridized carbons (Fsp3) is 0.500. The van der Waals surface area contributed by atoms with Crippen molar-refractivity contribution in [3.63, 3.8) is 0 Å². The van der Waals surface area contributed by atoms with Gasteiger partial charge in [-0.15, -0.1) is 0 Å². The molecule has 0 amide bonds. The van der Waals surface area contributed by atoms with Crippen LogP contribution >= 0.6 is 11.6 Å². The Morgan fingerprint density at radius 1 is 1.56 bits per heavy atom. The topological polar surface area (TPSA) is 73.0 Å². The van der Waals surface area contributed by atoms with Crippen LogP contribution in [-0.2, 0) is 6.61 Å². The van der Waals surface area contributed by atoms with E-state index in [-0.39, 0.29) is 11.8 Å². The van der Waals surface area contributed by atoms with E-state index in [1.165, 1.54) is 6.33 Å². The summed E-state index contributed by atoms with van der Waals surface area (Å²) < 4.78 is 0. The maximum atomic E-state index is 9.21. The maximum Gasteiger partial charge on any atom is 0.140 e. The van der Waals surface area contributed by atoms with Crippen LogP contribution in [0.5, 0.6) is 0 Å². The number of rotatable bonds is 5. The van der Waals surface area contributed by atoms with Gasteiger partial charge in [0.05, 0.1) is 24.7 Å². The third kappa shape index (κ3) is 2.81.